The number of pyridine rings is 2. The first kappa shape index (κ1) is 24.5. The van der Waals surface area contributed by atoms with Gasteiger partial charge in [-0.15, -0.1) is 0 Å². The maximum Gasteiger partial charge on any atom is 0.433 e. The van der Waals surface area contributed by atoms with Crippen molar-refractivity contribution in [1.82, 2.24) is 14.9 Å². The Hall–Kier alpha value is -3.18. The average molecular weight is 474 g/mol. The molecule has 6 nitrogen and oxygen atoms in total. The number of carbonyl (C=O) groups is 2. The summed E-state index contributed by atoms with van der Waals surface area (Å²) in [5.74, 6) is -0.617. The van der Waals surface area contributed by atoms with Crippen LogP contribution in [0, 0.1) is 5.92 Å². The molecule has 33 heavy (non-hydrogen) atoms. The van der Waals surface area contributed by atoms with Crippen molar-refractivity contribution < 1.29 is 35.9 Å². The molecule has 1 aliphatic rings. The Morgan fingerprint density at radius 1 is 1.09 bits per heavy atom. The monoisotopic (exact) mass is 474 g/mol. The molecule has 2 amide bonds. The number of urea groups is 1. The molecule has 0 saturated carbocycles. The van der Waals surface area contributed by atoms with Crippen LogP contribution >= 0.6 is 0 Å². The molecule has 2 aromatic rings. The maximum atomic E-state index is 13.0. The van der Waals surface area contributed by atoms with Gasteiger partial charge in [0.15, 0.2) is 5.78 Å². The summed E-state index contributed by atoms with van der Waals surface area (Å²) in [4.78, 5) is 35.2. The number of hydrogen-bond donors (Lipinski definition) is 0. The largest absolute Gasteiger partial charge is 0.433 e. The summed E-state index contributed by atoms with van der Waals surface area (Å²) in [6.45, 7) is 3.39. The third-order valence-corrected chi connectivity index (χ3v) is 5.23. The molecule has 1 aliphatic heterocycles. The van der Waals surface area contributed by atoms with Gasteiger partial charge in [0.05, 0.1) is 36.5 Å². The van der Waals surface area contributed by atoms with Crippen LogP contribution in [0.1, 0.15) is 30.8 Å². The molecule has 12 heteroatoms. The molecular formula is C21H20F6N4O2. The Morgan fingerprint density at radius 3 is 2.33 bits per heavy atom. The predicted molar refractivity (Wildman–Crippen MR) is 105 cm³/mol. The van der Waals surface area contributed by atoms with Gasteiger partial charge in [-0.25, -0.2) is 9.78 Å². The van der Waals surface area contributed by atoms with E-state index in [0.29, 0.717) is 0 Å². The van der Waals surface area contributed by atoms with Crippen LogP contribution in [0.2, 0.25) is 0 Å². The standard InChI is InChI=1S/C21H20F6N4O2/c1-12(2)17-11-30(15-3-4-18(29-9-15)21(25,26)27)19(33)31(17)10-16(32)8-14-7-13(5-6-28-14)20(22,23)24/h3-7,9,12,17H,8,10-11H2,1-2H3/t17-/m1/s1. The van der Waals surface area contributed by atoms with E-state index in [1.165, 1.54) is 9.80 Å². The molecule has 1 atom stereocenters. The molecule has 3 rings (SSSR count). The number of hydrogen-bond acceptors (Lipinski definition) is 4. The van der Waals surface area contributed by atoms with Gasteiger partial charge in [-0.05, 0) is 30.2 Å². The van der Waals surface area contributed by atoms with Crippen molar-refractivity contribution in [2.24, 2.45) is 5.92 Å². The summed E-state index contributed by atoms with van der Waals surface area (Å²) >= 11 is 0. The zero-order chi connectivity index (χ0) is 24.6. The SMILES string of the molecule is CC(C)[C@H]1CN(c2ccc(C(F)(F)F)nc2)C(=O)N1CC(=O)Cc1cc(C(F)(F)F)ccn1. The summed E-state index contributed by atoms with van der Waals surface area (Å²) < 4.78 is 76.9. The number of rotatable bonds is 6. The number of ketones is 1. The van der Waals surface area contributed by atoms with Crippen LogP contribution in [0.4, 0.5) is 36.8 Å². The number of alkyl halides is 6. The van der Waals surface area contributed by atoms with Crippen molar-refractivity contribution in [1.29, 1.82) is 0 Å². The predicted octanol–water partition coefficient (Wildman–Crippen LogP) is 4.59. The fraction of sp³-hybridized carbons (Fsp3) is 0.429. The molecule has 0 N–H and O–H groups in total. The molecule has 2 aromatic heterocycles. The number of amides is 2. The smallest absolute Gasteiger partial charge is 0.312 e. The minimum atomic E-state index is -4.62. The summed E-state index contributed by atoms with van der Waals surface area (Å²) in [6, 6.07) is 2.44. The molecule has 0 spiro atoms. The van der Waals surface area contributed by atoms with E-state index in [2.05, 4.69) is 9.97 Å². The average Bonchev–Trinajstić information content (AvgIpc) is 3.03. The van der Waals surface area contributed by atoms with Gasteiger partial charge in [0.25, 0.3) is 0 Å². The molecule has 0 aromatic carbocycles. The third kappa shape index (κ3) is 5.60. The van der Waals surface area contributed by atoms with E-state index in [-0.39, 0.29) is 30.4 Å². The highest BCUT2D eigenvalue weighted by molar-refractivity contribution is 5.97. The van der Waals surface area contributed by atoms with Crippen LogP contribution in [0.25, 0.3) is 0 Å². The highest BCUT2D eigenvalue weighted by Gasteiger charge is 2.41. The van der Waals surface area contributed by atoms with E-state index in [0.717, 1.165) is 36.7 Å². The topological polar surface area (TPSA) is 66.4 Å². The van der Waals surface area contributed by atoms with Crippen molar-refractivity contribution >= 4 is 17.5 Å². The molecular weight excluding hydrogens is 454 g/mol. The van der Waals surface area contributed by atoms with Crippen molar-refractivity contribution in [3.8, 4) is 0 Å². The van der Waals surface area contributed by atoms with Crippen LogP contribution in [-0.2, 0) is 23.6 Å². The maximum absolute atomic E-state index is 13.0. The highest BCUT2D eigenvalue weighted by atomic mass is 19.4. The quantitative estimate of drug-likeness (QED) is 0.575. The first-order valence-corrected chi connectivity index (χ1v) is 9.92. The first-order valence-electron chi connectivity index (χ1n) is 9.92. The molecule has 0 radical (unpaired) electrons. The lowest BCUT2D eigenvalue weighted by atomic mass is 10.0. The van der Waals surface area contributed by atoms with Gasteiger partial charge in [-0.3, -0.25) is 14.7 Å². The second kappa shape index (κ2) is 8.99. The lowest BCUT2D eigenvalue weighted by Crippen LogP contribution is -2.41. The molecule has 1 saturated heterocycles. The van der Waals surface area contributed by atoms with E-state index in [1.54, 1.807) is 0 Å². The van der Waals surface area contributed by atoms with E-state index in [9.17, 15) is 35.9 Å². The Kier molecular flexibility index (Phi) is 6.66. The lowest BCUT2D eigenvalue weighted by Gasteiger charge is -2.25. The Balaban J connectivity index is 1.75. The Morgan fingerprint density at radius 2 is 1.79 bits per heavy atom. The molecule has 1 fully saturated rings. The minimum absolute atomic E-state index is 0.0774. The number of Topliss-reactive ketones (excluding diaryl/α,β-unsaturated/α-hetero) is 1. The van der Waals surface area contributed by atoms with Crippen molar-refractivity contribution in [2.75, 3.05) is 18.0 Å². The molecule has 3 heterocycles. The number of nitrogens with zero attached hydrogens (tertiary/aromatic N) is 4. The van der Waals surface area contributed by atoms with Gasteiger partial charge in [0.1, 0.15) is 5.69 Å². The fourth-order valence-corrected chi connectivity index (χ4v) is 3.54. The van der Waals surface area contributed by atoms with Crippen molar-refractivity contribution in [2.45, 2.75) is 38.7 Å². The van der Waals surface area contributed by atoms with Gasteiger partial charge in [0, 0.05) is 18.4 Å². The zero-order valence-corrected chi connectivity index (χ0v) is 17.6. The minimum Gasteiger partial charge on any atom is -0.312 e. The van der Waals surface area contributed by atoms with Gasteiger partial charge >= 0.3 is 18.4 Å². The van der Waals surface area contributed by atoms with Crippen LogP contribution in [0.15, 0.2) is 36.7 Å². The van der Waals surface area contributed by atoms with Crippen molar-refractivity contribution in [3.63, 3.8) is 0 Å². The number of halogens is 6. The summed E-state index contributed by atoms with van der Waals surface area (Å²) in [5, 5.41) is 0. The van der Waals surface area contributed by atoms with E-state index in [1.807, 2.05) is 13.8 Å². The van der Waals surface area contributed by atoms with E-state index < -0.39 is 47.9 Å². The normalized spacial score (nSPS) is 17.2. The molecule has 0 bridgehead atoms. The summed E-state index contributed by atoms with van der Waals surface area (Å²) in [6.07, 6.45) is -7.70. The van der Waals surface area contributed by atoms with E-state index in [4.69, 9.17) is 0 Å². The van der Waals surface area contributed by atoms with Crippen LogP contribution < -0.4 is 4.90 Å². The molecule has 0 aliphatic carbocycles. The third-order valence-electron chi connectivity index (χ3n) is 5.23. The Bertz CT molecular complexity index is 1020. The van der Waals surface area contributed by atoms with Crippen LogP contribution in [0.5, 0.6) is 0 Å². The summed E-state index contributed by atoms with van der Waals surface area (Å²) in [7, 11) is 0. The molecule has 178 valence electrons. The van der Waals surface area contributed by atoms with Gasteiger partial charge in [-0.2, -0.15) is 26.3 Å². The van der Waals surface area contributed by atoms with E-state index >= 15 is 0 Å². The fourth-order valence-electron chi connectivity index (χ4n) is 3.54. The Labute approximate surface area is 185 Å². The van der Waals surface area contributed by atoms with Crippen molar-refractivity contribution in [3.05, 3.63) is 53.6 Å². The van der Waals surface area contributed by atoms with Crippen LogP contribution in [-0.4, -0.2) is 45.8 Å². The van der Waals surface area contributed by atoms with Gasteiger partial charge in [-0.1, -0.05) is 13.8 Å². The highest BCUT2D eigenvalue weighted by Crippen LogP contribution is 2.32. The number of aromatic nitrogens is 2. The van der Waals surface area contributed by atoms with Gasteiger partial charge < -0.3 is 4.90 Å². The second-order valence-corrected chi connectivity index (χ2v) is 7.98. The first-order chi connectivity index (χ1) is 15.3. The molecule has 0 unspecified atom stereocenters. The number of carbonyl (C=O) groups excluding carboxylic acids is 2. The lowest BCUT2D eigenvalue weighted by molar-refractivity contribution is -0.141. The number of anilines is 1. The summed E-state index contributed by atoms with van der Waals surface area (Å²) in [5.41, 5.74) is -1.96. The van der Waals surface area contributed by atoms with Gasteiger partial charge in [0.2, 0.25) is 0 Å². The van der Waals surface area contributed by atoms with Crippen LogP contribution in [0.3, 0.4) is 0 Å². The second-order valence-electron chi connectivity index (χ2n) is 7.98. The zero-order valence-electron chi connectivity index (χ0n) is 17.6.